The minimum absolute atomic E-state index is 0.162. The van der Waals surface area contributed by atoms with Crippen molar-refractivity contribution in [2.24, 2.45) is 0 Å². The summed E-state index contributed by atoms with van der Waals surface area (Å²) in [6, 6.07) is 3.63. The quantitative estimate of drug-likeness (QED) is 0.877. The average molecular weight is 258 g/mol. The van der Waals surface area contributed by atoms with E-state index in [-0.39, 0.29) is 11.9 Å². The normalized spacial score (nSPS) is 15.6. The van der Waals surface area contributed by atoms with Crippen LogP contribution in [0.4, 0.5) is 0 Å². The Kier molecular flexibility index (Phi) is 3.18. The van der Waals surface area contributed by atoms with Crippen LogP contribution in [0.25, 0.3) is 5.82 Å². The van der Waals surface area contributed by atoms with E-state index in [1.807, 2.05) is 0 Å². The van der Waals surface area contributed by atoms with Crippen LogP contribution in [0.2, 0.25) is 0 Å². The first-order chi connectivity index (χ1) is 9.33. The van der Waals surface area contributed by atoms with E-state index >= 15 is 0 Å². The number of nitrogens with one attached hydrogen (secondary N) is 1. The first kappa shape index (κ1) is 11.8. The Morgan fingerprint density at radius 1 is 1.26 bits per heavy atom. The minimum Gasteiger partial charge on any atom is -0.348 e. The van der Waals surface area contributed by atoms with Crippen LogP contribution >= 0.6 is 0 Å². The molecular formula is C12H14N6O. The number of carbonyl (C=O) groups excluding carboxylic acids is 1. The molecule has 1 N–H and O–H groups in total. The first-order valence-corrected chi connectivity index (χ1v) is 6.32. The van der Waals surface area contributed by atoms with Crippen molar-refractivity contribution in [3.05, 3.63) is 30.5 Å². The van der Waals surface area contributed by atoms with E-state index in [9.17, 15) is 4.79 Å². The lowest BCUT2D eigenvalue weighted by Crippen LogP contribution is -2.33. The number of amides is 1. The molecule has 2 aromatic rings. The van der Waals surface area contributed by atoms with E-state index in [0.29, 0.717) is 11.5 Å². The second-order valence-electron chi connectivity index (χ2n) is 4.57. The maximum atomic E-state index is 12.0. The van der Waals surface area contributed by atoms with Crippen LogP contribution in [0.15, 0.2) is 24.8 Å². The molecule has 2 heterocycles. The van der Waals surface area contributed by atoms with Crippen LogP contribution in [-0.4, -0.2) is 36.9 Å². The minimum atomic E-state index is -0.162. The third-order valence-electron chi connectivity index (χ3n) is 3.23. The van der Waals surface area contributed by atoms with Gasteiger partial charge < -0.3 is 5.32 Å². The molecule has 1 aliphatic carbocycles. The Labute approximate surface area is 110 Å². The van der Waals surface area contributed by atoms with Gasteiger partial charge in [0.2, 0.25) is 0 Å². The van der Waals surface area contributed by atoms with Gasteiger partial charge in [-0.3, -0.25) is 4.79 Å². The molecule has 1 saturated carbocycles. The average Bonchev–Trinajstić information content (AvgIpc) is 3.12. The second kappa shape index (κ2) is 5.13. The number of rotatable bonds is 3. The van der Waals surface area contributed by atoms with E-state index in [4.69, 9.17) is 0 Å². The molecule has 0 aromatic carbocycles. The smallest absolute Gasteiger partial charge is 0.272 e. The molecule has 0 unspecified atom stereocenters. The van der Waals surface area contributed by atoms with E-state index in [2.05, 4.69) is 25.6 Å². The highest BCUT2D eigenvalue weighted by Crippen LogP contribution is 2.17. The second-order valence-corrected chi connectivity index (χ2v) is 4.57. The summed E-state index contributed by atoms with van der Waals surface area (Å²) in [4.78, 5) is 15.8. The third kappa shape index (κ3) is 2.59. The maximum Gasteiger partial charge on any atom is 0.272 e. The van der Waals surface area contributed by atoms with Crippen molar-refractivity contribution in [2.45, 2.75) is 31.7 Å². The Morgan fingerprint density at radius 3 is 2.74 bits per heavy atom. The summed E-state index contributed by atoms with van der Waals surface area (Å²) in [7, 11) is 0. The van der Waals surface area contributed by atoms with Gasteiger partial charge >= 0.3 is 0 Å². The maximum absolute atomic E-state index is 12.0. The van der Waals surface area contributed by atoms with Gasteiger partial charge in [0.15, 0.2) is 11.5 Å². The number of aromatic nitrogens is 5. The van der Waals surface area contributed by atoms with E-state index in [1.165, 1.54) is 30.2 Å². The number of hydrogen-bond donors (Lipinski definition) is 1. The summed E-state index contributed by atoms with van der Waals surface area (Å²) in [6.07, 6.45) is 7.42. The van der Waals surface area contributed by atoms with Crippen LogP contribution in [0, 0.1) is 0 Å². The molecule has 0 radical (unpaired) electrons. The van der Waals surface area contributed by atoms with Gasteiger partial charge in [-0.25, -0.2) is 9.67 Å². The molecule has 1 amide bonds. The summed E-state index contributed by atoms with van der Waals surface area (Å²) in [5.74, 6) is 0.374. The molecule has 0 saturated heterocycles. The molecule has 0 aliphatic heterocycles. The zero-order valence-electron chi connectivity index (χ0n) is 10.4. The molecule has 0 atom stereocenters. The Morgan fingerprint density at radius 2 is 2.11 bits per heavy atom. The molecule has 7 heteroatoms. The van der Waals surface area contributed by atoms with E-state index in [0.717, 1.165) is 12.8 Å². The molecule has 1 fully saturated rings. The highest BCUT2D eigenvalue weighted by Gasteiger charge is 2.18. The predicted octanol–water partition coefficient (Wildman–Crippen LogP) is 0.730. The zero-order chi connectivity index (χ0) is 13.1. The standard InChI is InChI=1S/C12H14N6O/c19-12(15-9-3-1-2-4-9)10-5-6-11(17-16-10)18-8-13-7-14-18/h5-9H,1-4H2,(H,15,19). The van der Waals surface area contributed by atoms with Gasteiger partial charge in [-0.05, 0) is 25.0 Å². The van der Waals surface area contributed by atoms with Crippen LogP contribution in [0.1, 0.15) is 36.2 Å². The van der Waals surface area contributed by atoms with Crippen molar-refractivity contribution < 1.29 is 4.79 Å². The van der Waals surface area contributed by atoms with Crippen molar-refractivity contribution in [1.29, 1.82) is 0 Å². The monoisotopic (exact) mass is 258 g/mol. The van der Waals surface area contributed by atoms with Gasteiger partial charge in [0, 0.05) is 6.04 Å². The molecule has 19 heavy (non-hydrogen) atoms. The van der Waals surface area contributed by atoms with E-state index < -0.39 is 0 Å². The Bertz CT molecular complexity index is 544. The van der Waals surface area contributed by atoms with Crippen molar-refractivity contribution >= 4 is 5.91 Å². The van der Waals surface area contributed by atoms with E-state index in [1.54, 1.807) is 12.1 Å². The van der Waals surface area contributed by atoms with Gasteiger partial charge in [-0.15, -0.1) is 10.2 Å². The van der Waals surface area contributed by atoms with Crippen molar-refractivity contribution in [1.82, 2.24) is 30.3 Å². The zero-order valence-corrected chi connectivity index (χ0v) is 10.4. The third-order valence-corrected chi connectivity index (χ3v) is 3.23. The highest BCUT2D eigenvalue weighted by molar-refractivity contribution is 5.92. The molecule has 0 spiro atoms. The molecular weight excluding hydrogens is 244 g/mol. The molecule has 98 valence electrons. The van der Waals surface area contributed by atoms with Crippen LogP contribution in [0.5, 0.6) is 0 Å². The number of carbonyl (C=O) groups is 1. The van der Waals surface area contributed by atoms with Crippen molar-refractivity contribution in [2.75, 3.05) is 0 Å². The van der Waals surface area contributed by atoms with Gasteiger partial charge in [-0.2, -0.15) is 5.10 Å². The fourth-order valence-electron chi connectivity index (χ4n) is 2.22. The first-order valence-electron chi connectivity index (χ1n) is 6.32. The molecule has 3 rings (SSSR count). The lowest BCUT2D eigenvalue weighted by Gasteiger charge is -2.10. The topological polar surface area (TPSA) is 85.6 Å². The molecule has 2 aromatic heterocycles. The summed E-state index contributed by atoms with van der Waals surface area (Å²) >= 11 is 0. The van der Waals surface area contributed by atoms with Gasteiger partial charge in [-0.1, -0.05) is 12.8 Å². The molecule has 0 bridgehead atoms. The number of nitrogens with zero attached hydrogens (tertiary/aromatic N) is 5. The summed E-state index contributed by atoms with van der Waals surface area (Å²) < 4.78 is 1.49. The predicted molar refractivity (Wildman–Crippen MR) is 66.7 cm³/mol. The lowest BCUT2D eigenvalue weighted by molar-refractivity contribution is 0.0932. The van der Waals surface area contributed by atoms with Gasteiger partial charge in [0.05, 0.1) is 0 Å². The molecule has 1 aliphatic rings. The fourth-order valence-corrected chi connectivity index (χ4v) is 2.22. The largest absolute Gasteiger partial charge is 0.348 e. The van der Waals surface area contributed by atoms with Crippen molar-refractivity contribution in [3.8, 4) is 5.82 Å². The SMILES string of the molecule is O=C(NC1CCCC1)c1ccc(-n2cncn2)nn1. The fraction of sp³-hybridized carbons (Fsp3) is 0.417. The number of hydrogen-bond acceptors (Lipinski definition) is 5. The van der Waals surface area contributed by atoms with Crippen LogP contribution in [-0.2, 0) is 0 Å². The Hall–Kier alpha value is -2.31. The lowest BCUT2D eigenvalue weighted by atomic mass is 10.2. The van der Waals surface area contributed by atoms with Crippen LogP contribution < -0.4 is 5.32 Å². The van der Waals surface area contributed by atoms with Gasteiger partial charge in [0.25, 0.3) is 5.91 Å². The molecule has 7 nitrogen and oxygen atoms in total. The van der Waals surface area contributed by atoms with Crippen molar-refractivity contribution in [3.63, 3.8) is 0 Å². The highest BCUT2D eigenvalue weighted by atomic mass is 16.2. The van der Waals surface area contributed by atoms with Crippen LogP contribution in [0.3, 0.4) is 0 Å². The summed E-state index contributed by atoms with van der Waals surface area (Å²) in [5, 5.41) is 14.8. The van der Waals surface area contributed by atoms with Gasteiger partial charge in [0.1, 0.15) is 12.7 Å². The summed E-state index contributed by atoms with van der Waals surface area (Å²) in [6.45, 7) is 0. The summed E-state index contributed by atoms with van der Waals surface area (Å²) in [5.41, 5.74) is 0.329. The Balaban J connectivity index is 1.69.